The monoisotopic (exact) mass is 266 g/mol. The Bertz CT molecular complexity index is 491. The van der Waals surface area contributed by atoms with Crippen LogP contribution in [0.4, 0.5) is 0 Å². The number of dihydropyridines is 1. The van der Waals surface area contributed by atoms with Crippen molar-refractivity contribution in [2.75, 3.05) is 0 Å². The normalized spacial score (nSPS) is 27.8. The van der Waals surface area contributed by atoms with Crippen LogP contribution in [0.1, 0.15) is 13.3 Å². The highest BCUT2D eigenvalue weighted by molar-refractivity contribution is 6.69. The maximum absolute atomic E-state index is 10.8. The molecular formula is C13H15ClN2O2. The first-order valence-electron chi connectivity index (χ1n) is 5.77. The van der Waals surface area contributed by atoms with E-state index in [9.17, 15) is 4.79 Å². The zero-order chi connectivity index (χ0) is 13.3. The van der Waals surface area contributed by atoms with Gasteiger partial charge >= 0.3 is 5.97 Å². The molecule has 5 heteroatoms. The van der Waals surface area contributed by atoms with E-state index in [2.05, 4.69) is 11.1 Å². The molecule has 18 heavy (non-hydrogen) atoms. The number of aliphatic imine (C=N–C) groups is 1. The fraction of sp³-hybridized carbons (Fsp3) is 0.385. The SMILES string of the molecule is CC1=CC2C=C(CC(N)C(=O)O)C(Cl)=NC2C=C1. The van der Waals surface area contributed by atoms with Gasteiger partial charge in [0.1, 0.15) is 11.2 Å². The van der Waals surface area contributed by atoms with Crippen LogP contribution in [0.2, 0.25) is 0 Å². The number of hydrogen-bond donors (Lipinski definition) is 2. The first-order chi connectivity index (χ1) is 8.47. The van der Waals surface area contributed by atoms with Crippen LogP contribution in [0.25, 0.3) is 0 Å². The van der Waals surface area contributed by atoms with Gasteiger partial charge in [-0.05, 0) is 12.5 Å². The molecule has 3 unspecified atom stereocenters. The molecule has 2 rings (SSSR count). The molecule has 1 aliphatic carbocycles. The van der Waals surface area contributed by atoms with Crippen LogP contribution in [-0.2, 0) is 4.79 Å². The molecule has 0 saturated carbocycles. The van der Waals surface area contributed by atoms with E-state index in [4.69, 9.17) is 22.4 Å². The summed E-state index contributed by atoms with van der Waals surface area (Å²) < 4.78 is 0. The smallest absolute Gasteiger partial charge is 0.320 e. The zero-order valence-corrected chi connectivity index (χ0v) is 10.8. The molecule has 4 nitrogen and oxygen atoms in total. The number of nitrogens with two attached hydrogens (primary N) is 1. The second kappa shape index (κ2) is 5.08. The highest BCUT2D eigenvalue weighted by atomic mass is 35.5. The van der Waals surface area contributed by atoms with Crippen molar-refractivity contribution >= 4 is 22.7 Å². The third kappa shape index (κ3) is 2.71. The van der Waals surface area contributed by atoms with Gasteiger partial charge in [0.25, 0.3) is 0 Å². The molecule has 0 aromatic rings. The molecule has 0 radical (unpaired) electrons. The number of carboxylic acid groups (broad SMARTS) is 1. The number of halogens is 1. The number of fused-ring (bicyclic) bond motifs is 1. The van der Waals surface area contributed by atoms with Crippen molar-refractivity contribution < 1.29 is 9.90 Å². The molecule has 0 amide bonds. The number of hydrogen-bond acceptors (Lipinski definition) is 3. The Morgan fingerprint density at radius 1 is 1.61 bits per heavy atom. The molecule has 0 fully saturated rings. The molecule has 1 aliphatic heterocycles. The van der Waals surface area contributed by atoms with Crippen molar-refractivity contribution in [3.8, 4) is 0 Å². The molecule has 2 aliphatic rings. The molecule has 3 N–H and O–H groups in total. The van der Waals surface area contributed by atoms with E-state index >= 15 is 0 Å². The van der Waals surface area contributed by atoms with Gasteiger partial charge in [-0.15, -0.1) is 0 Å². The molecule has 96 valence electrons. The van der Waals surface area contributed by atoms with Crippen molar-refractivity contribution in [1.29, 1.82) is 0 Å². The van der Waals surface area contributed by atoms with Crippen molar-refractivity contribution in [3.63, 3.8) is 0 Å². The minimum atomic E-state index is -1.03. The number of nitrogens with zero attached hydrogens (tertiary/aromatic N) is 1. The Balaban J connectivity index is 2.19. The lowest BCUT2D eigenvalue weighted by molar-refractivity contribution is -0.138. The van der Waals surface area contributed by atoms with E-state index in [-0.39, 0.29) is 18.4 Å². The van der Waals surface area contributed by atoms with Gasteiger partial charge in [0, 0.05) is 12.3 Å². The van der Waals surface area contributed by atoms with Crippen LogP contribution in [0.15, 0.2) is 40.4 Å². The third-order valence-corrected chi connectivity index (χ3v) is 3.42. The molecule has 3 atom stereocenters. The standard InChI is InChI=1S/C13H15ClN2O2/c1-7-2-3-11-8(4-7)5-9(12(14)16-11)6-10(15)13(17)18/h2-5,8,10-11H,6,15H2,1H3,(H,17,18). The molecule has 0 saturated heterocycles. The lowest BCUT2D eigenvalue weighted by atomic mass is 9.87. The number of carbonyl (C=O) groups is 1. The van der Waals surface area contributed by atoms with Gasteiger partial charge in [0.05, 0.1) is 6.04 Å². The van der Waals surface area contributed by atoms with E-state index in [1.165, 1.54) is 5.57 Å². The van der Waals surface area contributed by atoms with Crippen LogP contribution < -0.4 is 5.73 Å². The van der Waals surface area contributed by atoms with Crippen molar-refractivity contribution in [2.45, 2.75) is 25.4 Å². The summed E-state index contributed by atoms with van der Waals surface area (Å²) in [4.78, 5) is 15.1. The molecule has 0 bridgehead atoms. The second-order valence-corrected chi connectivity index (χ2v) is 4.96. The highest BCUT2D eigenvalue weighted by Gasteiger charge is 2.26. The maximum Gasteiger partial charge on any atom is 0.320 e. The molecular weight excluding hydrogens is 252 g/mol. The predicted octanol–water partition coefficient (Wildman–Crippen LogP) is 1.87. The topological polar surface area (TPSA) is 75.7 Å². The average Bonchev–Trinajstić information content (AvgIpc) is 2.30. The molecule has 1 heterocycles. The van der Waals surface area contributed by atoms with E-state index in [0.717, 1.165) is 0 Å². The Morgan fingerprint density at radius 3 is 3.00 bits per heavy atom. The Kier molecular flexibility index (Phi) is 3.68. The maximum atomic E-state index is 10.8. The second-order valence-electron chi connectivity index (χ2n) is 4.60. The molecule has 0 aromatic carbocycles. The largest absolute Gasteiger partial charge is 0.480 e. The van der Waals surface area contributed by atoms with Gasteiger partial charge < -0.3 is 10.8 Å². The summed E-state index contributed by atoms with van der Waals surface area (Å²) in [5.41, 5.74) is 7.41. The number of allylic oxidation sites excluding steroid dienone is 2. The first-order valence-corrected chi connectivity index (χ1v) is 6.14. The molecule has 0 spiro atoms. The van der Waals surface area contributed by atoms with Gasteiger partial charge in [-0.3, -0.25) is 9.79 Å². The van der Waals surface area contributed by atoms with Crippen molar-refractivity contribution in [3.05, 3.63) is 35.5 Å². The number of aliphatic carboxylic acids is 1. The Labute approximate surface area is 111 Å². The summed E-state index contributed by atoms with van der Waals surface area (Å²) in [5.74, 6) is -0.883. The van der Waals surface area contributed by atoms with Crippen LogP contribution in [0.3, 0.4) is 0 Å². The lowest BCUT2D eigenvalue weighted by Gasteiger charge is -2.26. The lowest BCUT2D eigenvalue weighted by Crippen LogP contribution is -2.32. The summed E-state index contributed by atoms with van der Waals surface area (Å²) in [5, 5.41) is 9.18. The minimum Gasteiger partial charge on any atom is -0.480 e. The summed E-state index contributed by atoms with van der Waals surface area (Å²) in [6, 6.07) is -0.924. The predicted molar refractivity (Wildman–Crippen MR) is 71.8 cm³/mol. The summed E-state index contributed by atoms with van der Waals surface area (Å²) in [6.07, 6.45) is 8.29. The van der Waals surface area contributed by atoms with Crippen molar-refractivity contribution in [2.24, 2.45) is 16.6 Å². The van der Waals surface area contributed by atoms with E-state index in [1.807, 2.05) is 25.2 Å². The van der Waals surface area contributed by atoms with E-state index in [1.54, 1.807) is 0 Å². The Hall–Kier alpha value is -1.39. The fourth-order valence-electron chi connectivity index (χ4n) is 2.10. The third-order valence-electron chi connectivity index (χ3n) is 3.08. The minimum absolute atomic E-state index is 0.0194. The summed E-state index contributed by atoms with van der Waals surface area (Å²) >= 11 is 6.07. The average molecular weight is 267 g/mol. The number of carboxylic acids is 1. The summed E-state index contributed by atoms with van der Waals surface area (Å²) in [7, 11) is 0. The van der Waals surface area contributed by atoms with Gasteiger partial charge in [0.2, 0.25) is 0 Å². The van der Waals surface area contributed by atoms with Crippen LogP contribution in [0, 0.1) is 5.92 Å². The van der Waals surface area contributed by atoms with Gasteiger partial charge in [-0.2, -0.15) is 0 Å². The first kappa shape index (κ1) is 13.1. The highest BCUT2D eigenvalue weighted by Crippen LogP contribution is 2.29. The summed E-state index contributed by atoms with van der Waals surface area (Å²) in [6.45, 7) is 2.02. The van der Waals surface area contributed by atoms with Crippen LogP contribution >= 0.6 is 11.6 Å². The van der Waals surface area contributed by atoms with Gasteiger partial charge in [-0.1, -0.05) is 41.5 Å². The van der Waals surface area contributed by atoms with Gasteiger partial charge in [-0.25, -0.2) is 0 Å². The van der Waals surface area contributed by atoms with Gasteiger partial charge in [0.15, 0.2) is 0 Å². The number of rotatable bonds is 3. The quantitative estimate of drug-likeness (QED) is 0.819. The fourth-order valence-corrected chi connectivity index (χ4v) is 2.36. The van der Waals surface area contributed by atoms with Crippen LogP contribution in [0.5, 0.6) is 0 Å². The molecule has 0 aromatic heterocycles. The van der Waals surface area contributed by atoms with E-state index in [0.29, 0.717) is 10.7 Å². The van der Waals surface area contributed by atoms with Crippen LogP contribution in [-0.4, -0.2) is 28.3 Å². The van der Waals surface area contributed by atoms with E-state index < -0.39 is 12.0 Å². The van der Waals surface area contributed by atoms with Crippen molar-refractivity contribution in [1.82, 2.24) is 0 Å². The Morgan fingerprint density at radius 2 is 2.33 bits per heavy atom. The zero-order valence-electron chi connectivity index (χ0n) is 10.0.